The summed E-state index contributed by atoms with van der Waals surface area (Å²) < 4.78 is 5.72. The Kier molecular flexibility index (Phi) is 2.80. The van der Waals surface area contributed by atoms with Crippen LogP contribution in [-0.4, -0.2) is 22.4 Å². The second-order valence-corrected chi connectivity index (χ2v) is 9.23. The average molecular weight is 316 g/mol. The van der Waals surface area contributed by atoms with Crippen molar-refractivity contribution in [3.05, 3.63) is 23.7 Å². The van der Waals surface area contributed by atoms with E-state index >= 15 is 0 Å². The number of aliphatic hydroxyl groups excluding tert-OH is 1. The Balaban J connectivity index is 1.56. The number of rotatable bonds is 1. The number of aryl methyl sites for hydroxylation is 1. The molecule has 4 aliphatic carbocycles. The van der Waals surface area contributed by atoms with E-state index in [2.05, 4.69) is 13.0 Å². The van der Waals surface area contributed by atoms with Crippen molar-refractivity contribution in [3.63, 3.8) is 0 Å². The fourth-order valence-electron chi connectivity index (χ4n) is 7.51. The van der Waals surface area contributed by atoms with Gasteiger partial charge < -0.3 is 14.6 Å². The lowest BCUT2D eigenvalue weighted by molar-refractivity contribution is -0.0727. The predicted octanol–water partition coefficient (Wildman–Crippen LogP) is 3.64. The second-order valence-electron chi connectivity index (χ2n) is 9.23. The molecule has 4 aliphatic rings. The van der Waals surface area contributed by atoms with Crippen LogP contribution < -0.4 is 0 Å². The summed E-state index contributed by atoms with van der Waals surface area (Å²) in [6.07, 6.45) is 10.9. The average Bonchev–Trinajstić information content (AvgIpc) is 3.09. The summed E-state index contributed by atoms with van der Waals surface area (Å²) in [6.45, 7) is 2.45. The van der Waals surface area contributed by atoms with Gasteiger partial charge in [0.25, 0.3) is 0 Å². The summed E-state index contributed by atoms with van der Waals surface area (Å²) in [5, 5.41) is 20.7. The first-order valence-electron chi connectivity index (χ1n) is 9.40. The van der Waals surface area contributed by atoms with Crippen LogP contribution in [0.5, 0.6) is 0 Å². The third-order valence-electron chi connectivity index (χ3n) is 8.46. The van der Waals surface area contributed by atoms with Crippen LogP contribution in [0.15, 0.2) is 16.7 Å². The van der Waals surface area contributed by atoms with Gasteiger partial charge in [-0.05, 0) is 85.2 Å². The molecule has 2 bridgehead atoms. The molecule has 23 heavy (non-hydrogen) atoms. The van der Waals surface area contributed by atoms with Crippen LogP contribution in [-0.2, 0) is 6.42 Å². The molecule has 126 valence electrons. The van der Waals surface area contributed by atoms with Gasteiger partial charge in [-0.3, -0.25) is 0 Å². The molecule has 1 unspecified atom stereocenters. The minimum Gasteiger partial charge on any atom is -0.469 e. The van der Waals surface area contributed by atoms with Crippen molar-refractivity contribution in [1.29, 1.82) is 0 Å². The highest BCUT2D eigenvalue weighted by atomic mass is 16.3. The molecule has 3 fully saturated rings. The van der Waals surface area contributed by atoms with E-state index in [1.54, 1.807) is 0 Å². The van der Waals surface area contributed by atoms with Gasteiger partial charge >= 0.3 is 0 Å². The third-order valence-corrected chi connectivity index (χ3v) is 8.46. The highest BCUT2D eigenvalue weighted by Crippen LogP contribution is 2.71. The van der Waals surface area contributed by atoms with E-state index in [9.17, 15) is 10.2 Å². The first kappa shape index (κ1) is 14.5. The largest absolute Gasteiger partial charge is 0.469 e. The Labute approximate surface area is 138 Å². The van der Waals surface area contributed by atoms with Crippen LogP contribution in [0.25, 0.3) is 0 Å². The van der Waals surface area contributed by atoms with E-state index in [1.807, 2.05) is 6.26 Å². The van der Waals surface area contributed by atoms with Gasteiger partial charge in [0.1, 0.15) is 5.76 Å². The van der Waals surface area contributed by atoms with Crippen LogP contribution in [0.4, 0.5) is 0 Å². The molecule has 3 nitrogen and oxygen atoms in total. The molecule has 6 atom stereocenters. The Morgan fingerprint density at radius 2 is 2.13 bits per heavy atom. The van der Waals surface area contributed by atoms with Crippen LogP contribution in [0.3, 0.4) is 0 Å². The monoisotopic (exact) mass is 316 g/mol. The van der Waals surface area contributed by atoms with Crippen LogP contribution in [0.1, 0.15) is 69.1 Å². The molecule has 3 saturated carbocycles. The van der Waals surface area contributed by atoms with Crippen molar-refractivity contribution in [3.8, 4) is 0 Å². The normalized spacial score (nSPS) is 51.0. The molecule has 0 aromatic carbocycles. The molecule has 1 aromatic heterocycles. The first-order valence-corrected chi connectivity index (χ1v) is 9.40. The Morgan fingerprint density at radius 1 is 1.26 bits per heavy atom. The van der Waals surface area contributed by atoms with Crippen LogP contribution >= 0.6 is 0 Å². The SMILES string of the molecule is C[C@@]12CCc3occc3[C@H]1CC[C@@]13C[C@H](CC[C@H]12)C(O)(CO)C3. The van der Waals surface area contributed by atoms with Gasteiger partial charge in [-0.15, -0.1) is 0 Å². The Bertz CT molecular complexity index is 637. The Hall–Kier alpha value is -0.800. The molecule has 1 aromatic rings. The van der Waals surface area contributed by atoms with Gasteiger partial charge in [0.2, 0.25) is 0 Å². The summed E-state index contributed by atoms with van der Waals surface area (Å²) in [4.78, 5) is 0. The molecule has 0 amide bonds. The summed E-state index contributed by atoms with van der Waals surface area (Å²) in [7, 11) is 0. The molecule has 1 heterocycles. The fourth-order valence-corrected chi connectivity index (χ4v) is 7.51. The van der Waals surface area contributed by atoms with Crippen LogP contribution in [0.2, 0.25) is 0 Å². The summed E-state index contributed by atoms with van der Waals surface area (Å²) in [5.74, 6) is 2.85. The molecular formula is C20H28O3. The number of furan rings is 1. The predicted molar refractivity (Wildman–Crippen MR) is 87.0 cm³/mol. The molecule has 3 heteroatoms. The lowest BCUT2D eigenvalue weighted by Crippen LogP contribution is -2.51. The fraction of sp³-hybridized carbons (Fsp3) is 0.800. The zero-order chi connectivity index (χ0) is 15.9. The summed E-state index contributed by atoms with van der Waals surface area (Å²) in [6, 6.07) is 2.21. The first-order chi connectivity index (χ1) is 11.0. The van der Waals surface area contributed by atoms with Crippen molar-refractivity contribution in [2.24, 2.45) is 22.7 Å². The topological polar surface area (TPSA) is 53.6 Å². The van der Waals surface area contributed by atoms with Crippen molar-refractivity contribution in [2.45, 2.75) is 69.8 Å². The quantitative estimate of drug-likeness (QED) is 0.831. The summed E-state index contributed by atoms with van der Waals surface area (Å²) >= 11 is 0. The maximum atomic E-state index is 10.9. The van der Waals surface area contributed by atoms with Crippen molar-refractivity contribution in [2.75, 3.05) is 6.61 Å². The van der Waals surface area contributed by atoms with Gasteiger partial charge in [0, 0.05) is 6.42 Å². The van der Waals surface area contributed by atoms with Gasteiger partial charge in [0.15, 0.2) is 0 Å². The van der Waals surface area contributed by atoms with Gasteiger partial charge in [-0.25, -0.2) is 0 Å². The van der Waals surface area contributed by atoms with E-state index in [-0.39, 0.29) is 12.0 Å². The molecule has 0 saturated heterocycles. The zero-order valence-corrected chi connectivity index (χ0v) is 14.1. The van der Waals surface area contributed by atoms with Crippen molar-refractivity contribution < 1.29 is 14.6 Å². The number of hydrogen-bond donors (Lipinski definition) is 2. The maximum absolute atomic E-state index is 10.9. The minimum atomic E-state index is -0.812. The van der Waals surface area contributed by atoms with Gasteiger partial charge in [-0.2, -0.15) is 0 Å². The minimum absolute atomic E-state index is 0.0574. The maximum Gasteiger partial charge on any atom is 0.107 e. The van der Waals surface area contributed by atoms with E-state index in [0.29, 0.717) is 23.2 Å². The van der Waals surface area contributed by atoms with E-state index in [0.717, 1.165) is 25.7 Å². The number of aliphatic hydroxyl groups is 2. The molecule has 1 spiro atoms. The number of hydrogen-bond acceptors (Lipinski definition) is 3. The summed E-state index contributed by atoms with van der Waals surface area (Å²) in [5.41, 5.74) is 1.26. The molecule has 0 radical (unpaired) electrons. The number of fused-ring (bicyclic) bond motifs is 5. The zero-order valence-electron chi connectivity index (χ0n) is 14.1. The lowest BCUT2D eigenvalue weighted by atomic mass is 9.45. The van der Waals surface area contributed by atoms with E-state index in [1.165, 1.54) is 37.0 Å². The second kappa shape index (κ2) is 4.43. The molecule has 5 rings (SSSR count). The van der Waals surface area contributed by atoms with Crippen molar-refractivity contribution >= 4 is 0 Å². The highest BCUT2D eigenvalue weighted by Gasteiger charge is 2.65. The van der Waals surface area contributed by atoms with E-state index < -0.39 is 5.60 Å². The molecule has 0 aliphatic heterocycles. The van der Waals surface area contributed by atoms with Gasteiger partial charge in [-0.1, -0.05) is 6.92 Å². The highest BCUT2D eigenvalue weighted by molar-refractivity contribution is 5.31. The van der Waals surface area contributed by atoms with E-state index in [4.69, 9.17) is 4.42 Å². The third kappa shape index (κ3) is 1.68. The van der Waals surface area contributed by atoms with Gasteiger partial charge in [0.05, 0.1) is 18.5 Å². The standard InChI is InChI=1S/C20H28O3/c1-18-7-5-16-14(6-9-23-16)15(18)4-8-19-10-13(2-3-17(18)19)20(22,11-19)12-21/h6,9,13,15,17,21-22H,2-5,7-8,10-12H2,1H3/t13-,15+,17-,18+,19-,20?/m0/s1. The molecule has 2 N–H and O–H groups in total. The van der Waals surface area contributed by atoms with Crippen LogP contribution in [0, 0.1) is 22.7 Å². The lowest BCUT2D eigenvalue weighted by Gasteiger charge is -2.59. The van der Waals surface area contributed by atoms with Crippen molar-refractivity contribution in [1.82, 2.24) is 0 Å². The smallest absolute Gasteiger partial charge is 0.107 e. The Morgan fingerprint density at radius 3 is 2.96 bits per heavy atom. The molecular weight excluding hydrogens is 288 g/mol.